The maximum absolute atomic E-state index is 12.2. The molecule has 1 fully saturated rings. The van der Waals surface area contributed by atoms with E-state index in [-0.39, 0.29) is 24.4 Å². The average molecular weight is 355 g/mol. The van der Waals surface area contributed by atoms with E-state index in [0.717, 1.165) is 35.7 Å². The van der Waals surface area contributed by atoms with E-state index in [1.165, 1.54) is 11.3 Å². The van der Waals surface area contributed by atoms with Crippen molar-refractivity contribution in [3.05, 3.63) is 47.2 Å². The lowest BCUT2D eigenvalue weighted by atomic mass is 10.2. The molecular formula is C17H17N5O2S. The van der Waals surface area contributed by atoms with E-state index in [9.17, 15) is 4.79 Å². The number of aromatic nitrogens is 4. The Morgan fingerprint density at radius 3 is 3.00 bits per heavy atom. The van der Waals surface area contributed by atoms with E-state index in [2.05, 4.69) is 25.5 Å². The first-order valence-corrected chi connectivity index (χ1v) is 8.99. The fourth-order valence-electron chi connectivity index (χ4n) is 2.70. The zero-order valence-electron chi connectivity index (χ0n) is 13.4. The molecule has 2 N–H and O–H groups in total. The third kappa shape index (κ3) is 3.75. The molecule has 7 nitrogen and oxygen atoms in total. The fraction of sp³-hybridized carbons (Fsp3) is 0.294. The molecule has 1 aliphatic heterocycles. The van der Waals surface area contributed by atoms with E-state index >= 15 is 0 Å². The van der Waals surface area contributed by atoms with Crippen LogP contribution in [-0.2, 0) is 16.0 Å². The summed E-state index contributed by atoms with van der Waals surface area (Å²) in [6, 6.07) is 9.91. The van der Waals surface area contributed by atoms with Gasteiger partial charge in [0.2, 0.25) is 11.9 Å². The summed E-state index contributed by atoms with van der Waals surface area (Å²) in [7, 11) is 0. The molecule has 3 aromatic rings. The number of benzene rings is 1. The van der Waals surface area contributed by atoms with Gasteiger partial charge in [-0.1, -0.05) is 30.3 Å². The fourth-order valence-corrected chi connectivity index (χ4v) is 3.53. The highest BCUT2D eigenvalue weighted by molar-refractivity contribution is 7.13. The minimum atomic E-state index is -0.192. The summed E-state index contributed by atoms with van der Waals surface area (Å²) in [4.78, 5) is 21.0. The molecule has 25 heavy (non-hydrogen) atoms. The predicted molar refractivity (Wildman–Crippen MR) is 94.2 cm³/mol. The molecule has 1 atom stereocenters. The Morgan fingerprint density at radius 1 is 1.32 bits per heavy atom. The topological polar surface area (TPSA) is 92.8 Å². The van der Waals surface area contributed by atoms with Gasteiger partial charge in [0.1, 0.15) is 11.1 Å². The van der Waals surface area contributed by atoms with Gasteiger partial charge in [0.05, 0.1) is 12.1 Å². The molecule has 1 aliphatic rings. The van der Waals surface area contributed by atoms with Gasteiger partial charge in [0, 0.05) is 17.6 Å². The SMILES string of the molecule is O=C(Cc1csc(-c2ccccc2)n1)Nc1n[nH]c([C@H]2CCCO2)n1. The molecule has 2 aromatic heterocycles. The van der Waals surface area contributed by atoms with Gasteiger partial charge in [0.15, 0.2) is 5.82 Å². The van der Waals surface area contributed by atoms with E-state index in [1.807, 2.05) is 35.7 Å². The Hall–Kier alpha value is -2.58. The lowest BCUT2D eigenvalue weighted by Crippen LogP contribution is -2.15. The van der Waals surface area contributed by atoms with Gasteiger partial charge >= 0.3 is 0 Å². The van der Waals surface area contributed by atoms with Crippen molar-refractivity contribution in [1.29, 1.82) is 0 Å². The van der Waals surface area contributed by atoms with Crippen molar-refractivity contribution < 1.29 is 9.53 Å². The maximum atomic E-state index is 12.2. The molecule has 0 unspecified atom stereocenters. The lowest BCUT2D eigenvalue weighted by Gasteiger charge is -2.03. The molecular weight excluding hydrogens is 338 g/mol. The highest BCUT2D eigenvalue weighted by atomic mass is 32.1. The minimum absolute atomic E-state index is 0.0508. The molecule has 8 heteroatoms. The van der Waals surface area contributed by atoms with Crippen LogP contribution < -0.4 is 5.32 Å². The van der Waals surface area contributed by atoms with E-state index in [1.54, 1.807) is 0 Å². The monoisotopic (exact) mass is 355 g/mol. The molecule has 1 saturated heterocycles. The van der Waals surface area contributed by atoms with Crippen LogP contribution in [0.4, 0.5) is 5.95 Å². The summed E-state index contributed by atoms with van der Waals surface area (Å²) in [5, 5.41) is 12.4. The highest BCUT2D eigenvalue weighted by Gasteiger charge is 2.22. The van der Waals surface area contributed by atoms with Crippen LogP contribution >= 0.6 is 11.3 Å². The van der Waals surface area contributed by atoms with Gasteiger partial charge in [0.25, 0.3) is 0 Å². The van der Waals surface area contributed by atoms with Gasteiger partial charge in [-0.2, -0.15) is 4.98 Å². The van der Waals surface area contributed by atoms with Gasteiger partial charge in [-0.15, -0.1) is 16.4 Å². The van der Waals surface area contributed by atoms with Crippen LogP contribution in [-0.4, -0.2) is 32.7 Å². The van der Waals surface area contributed by atoms with Crippen molar-refractivity contribution in [1.82, 2.24) is 20.2 Å². The first-order chi connectivity index (χ1) is 12.3. The van der Waals surface area contributed by atoms with Crippen LogP contribution in [0.2, 0.25) is 0 Å². The number of aromatic amines is 1. The average Bonchev–Trinajstić information content (AvgIpc) is 3.37. The summed E-state index contributed by atoms with van der Waals surface area (Å²) in [5.74, 6) is 0.740. The number of nitrogens with one attached hydrogen (secondary N) is 2. The first kappa shape index (κ1) is 15.9. The molecule has 0 spiro atoms. The first-order valence-electron chi connectivity index (χ1n) is 8.11. The van der Waals surface area contributed by atoms with Gasteiger partial charge in [-0.05, 0) is 12.8 Å². The number of amides is 1. The summed E-state index contributed by atoms with van der Waals surface area (Å²) >= 11 is 1.53. The molecule has 1 amide bonds. The summed E-state index contributed by atoms with van der Waals surface area (Å²) in [5.41, 5.74) is 1.78. The standard InChI is InChI=1S/C17H17N5O2S/c23-14(19-17-20-15(21-22-17)13-7-4-8-24-13)9-12-10-25-16(18-12)11-5-2-1-3-6-11/h1-3,5-6,10,13H,4,7-9H2,(H2,19,20,21,22,23)/t13-/m1/s1. The van der Waals surface area contributed by atoms with Crippen molar-refractivity contribution in [2.75, 3.05) is 11.9 Å². The summed E-state index contributed by atoms with van der Waals surface area (Å²) in [6.07, 6.45) is 2.07. The Balaban J connectivity index is 1.37. The second kappa shape index (κ2) is 7.12. The van der Waals surface area contributed by atoms with Crippen molar-refractivity contribution in [2.45, 2.75) is 25.4 Å². The molecule has 128 valence electrons. The number of thiazole rings is 1. The van der Waals surface area contributed by atoms with Crippen LogP contribution in [0.3, 0.4) is 0 Å². The quantitative estimate of drug-likeness (QED) is 0.734. The Labute approximate surface area is 148 Å². The molecule has 4 rings (SSSR count). The van der Waals surface area contributed by atoms with Gasteiger partial charge in [-0.3, -0.25) is 15.2 Å². The normalized spacial score (nSPS) is 16.9. The highest BCUT2D eigenvalue weighted by Crippen LogP contribution is 2.26. The number of H-pyrrole nitrogens is 1. The van der Waals surface area contributed by atoms with E-state index in [0.29, 0.717) is 5.82 Å². The largest absolute Gasteiger partial charge is 0.370 e. The second-order valence-electron chi connectivity index (χ2n) is 5.78. The number of hydrogen-bond donors (Lipinski definition) is 2. The molecule has 0 saturated carbocycles. The molecule has 3 heterocycles. The second-order valence-corrected chi connectivity index (χ2v) is 6.64. The number of rotatable bonds is 5. The number of ether oxygens (including phenoxy) is 1. The molecule has 0 radical (unpaired) electrons. The van der Waals surface area contributed by atoms with Crippen LogP contribution in [0, 0.1) is 0 Å². The molecule has 0 bridgehead atoms. The minimum Gasteiger partial charge on any atom is -0.370 e. The zero-order chi connectivity index (χ0) is 17.1. The Kier molecular flexibility index (Phi) is 4.53. The molecule has 0 aliphatic carbocycles. The maximum Gasteiger partial charge on any atom is 0.248 e. The van der Waals surface area contributed by atoms with Crippen LogP contribution in [0.15, 0.2) is 35.7 Å². The smallest absolute Gasteiger partial charge is 0.248 e. The summed E-state index contributed by atoms with van der Waals surface area (Å²) in [6.45, 7) is 0.737. The van der Waals surface area contributed by atoms with Crippen molar-refractivity contribution >= 4 is 23.2 Å². The lowest BCUT2D eigenvalue weighted by molar-refractivity contribution is -0.115. The molecule has 1 aromatic carbocycles. The number of carbonyl (C=O) groups is 1. The van der Waals surface area contributed by atoms with Crippen LogP contribution in [0.1, 0.15) is 30.5 Å². The third-order valence-electron chi connectivity index (χ3n) is 3.90. The number of nitrogens with zero attached hydrogens (tertiary/aromatic N) is 3. The van der Waals surface area contributed by atoms with Crippen LogP contribution in [0.5, 0.6) is 0 Å². The van der Waals surface area contributed by atoms with Gasteiger partial charge < -0.3 is 4.74 Å². The number of hydrogen-bond acceptors (Lipinski definition) is 6. The number of carbonyl (C=O) groups excluding carboxylic acids is 1. The van der Waals surface area contributed by atoms with Crippen molar-refractivity contribution in [3.63, 3.8) is 0 Å². The zero-order valence-corrected chi connectivity index (χ0v) is 14.3. The van der Waals surface area contributed by atoms with E-state index < -0.39 is 0 Å². The number of anilines is 1. The van der Waals surface area contributed by atoms with Gasteiger partial charge in [-0.25, -0.2) is 4.98 Å². The summed E-state index contributed by atoms with van der Waals surface area (Å²) < 4.78 is 5.54. The Bertz CT molecular complexity index is 855. The van der Waals surface area contributed by atoms with Crippen molar-refractivity contribution in [2.24, 2.45) is 0 Å². The predicted octanol–water partition coefficient (Wildman–Crippen LogP) is 2.96. The Morgan fingerprint density at radius 2 is 2.20 bits per heavy atom. The van der Waals surface area contributed by atoms with Crippen molar-refractivity contribution in [3.8, 4) is 10.6 Å². The van der Waals surface area contributed by atoms with Crippen LogP contribution in [0.25, 0.3) is 10.6 Å². The van der Waals surface area contributed by atoms with E-state index in [4.69, 9.17) is 4.74 Å². The third-order valence-corrected chi connectivity index (χ3v) is 4.84.